The lowest BCUT2D eigenvalue weighted by molar-refractivity contribution is 0.0437. The van der Waals surface area contributed by atoms with Gasteiger partial charge in [0.1, 0.15) is 11.4 Å². The average molecular weight is 352 g/mol. The maximum atomic E-state index is 10.5. The second kappa shape index (κ2) is 9.79. The van der Waals surface area contributed by atoms with Crippen LogP contribution in [0.25, 0.3) is 0 Å². The zero-order valence-electron chi connectivity index (χ0n) is 15.6. The van der Waals surface area contributed by atoms with E-state index in [1.165, 1.54) is 12.8 Å². The lowest BCUT2D eigenvalue weighted by Crippen LogP contribution is -2.46. The van der Waals surface area contributed by atoms with Gasteiger partial charge in [0, 0.05) is 32.8 Å². The summed E-state index contributed by atoms with van der Waals surface area (Å²) in [6.45, 7) is 8.42. The summed E-state index contributed by atoms with van der Waals surface area (Å²) in [5.74, 6) is 1.24. The third-order valence-electron chi connectivity index (χ3n) is 4.53. The van der Waals surface area contributed by atoms with E-state index >= 15 is 0 Å². The third kappa shape index (κ3) is 6.02. The molecule has 2 heterocycles. The number of likely N-dealkylation sites (tertiary alicyclic amines) is 1. The number of hydrogen-bond acceptors (Lipinski definition) is 5. The molecule has 0 bridgehead atoms. The van der Waals surface area contributed by atoms with Crippen molar-refractivity contribution in [1.29, 1.82) is 0 Å². The highest BCUT2D eigenvalue weighted by Crippen LogP contribution is 2.21. The Hall–Kier alpha value is -1.57. The number of aliphatic hydroxyl groups is 1. The van der Waals surface area contributed by atoms with Crippen molar-refractivity contribution < 1.29 is 14.3 Å². The molecule has 1 aromatic heterocycles. The fraction of sp³-hybridized carbons (Fsp3) is 0.722. The van der Waals surface area contributed by atoms with Crippen LogP contribution in [-0.2, 0) is 10.3 Å². The molecule has 0 radical (unpaired) electrons. The van der Waals surface area contributed by atoms with Gasteiger partial charge in [-0.05, 0) is 45.4 Å². The first-order valence-corrected chi connectivity index (χ1v) is 9.08. The lowest BCUT2D eigenvalue weighted by atomic mass is 10.0. The van der Waals surface area contributed by atoms with E-state index < -0.39 is 5.60 Å². The smallest absolute Gasteiger partial charge is 0.191 e. The zero-order chi connectivity index (χ0) is 18.1. The molecule has 25 heavy (non-hydrogen) atoms. The number of ether oxygens (including phenoxy) is 1. The van der Waals surface area contributed by atoms with Crippen LogP contribution in [0, 0.1) is 0 Å². The van der Waals surface area contributed by atoms with E-state index in [-0.39, 0.29) is 6.54 Å². The van der Waals surface area contributed by atoms with Crippen molar-refractivity contribution in [3.05, 3.63) is 24.2 Å². The van der Waals surface area contributed by atoms with Crippen molar-refractivity contribution in [3.63, 3.8) is 0 Å². The van der Waals surface area contributed by atoms with Crippen molar-refractivity contribution in [2.45, 2.75) is 38.3 Å². The lowest BCUT2D eigenvalue weighted by Gasteiger charge is -2.25. The first-order valence-electron chi connectivity index (χ1n) is 9.08. The largest absolute Gasteiger partial charge is 0.466 e. The highest BCUT2D eigenvalue weighted by Gasteiger charge is 2.27. The van der Waals surface area contributed by atoms with E-state index in [0.717, 1.165) is 32.8 Å². The van der Waals surface area contributed by atoms with Gasteiger partial charge in [-0.15, -0.1) is 0 Å². The van der Waals surface area contributed by atoms with Crippen molar-refractivity contribution >= 4 is 5.96 Å². The standard InChI is InChI=1S/C18H32N4O3/c1-4-19-17(21-14-18(2,23)16-8-6-11-25-16)20-13-15-7-5-9-22(15)10-12-24-3/h6,8,11,15,23H,4-5,7,9-10,12-14H2,1-3H3,(H2,19,20,21). The van der Waals surface area contributed by atoms with E-state index in [1.54, 1.807) is 32.4 Å². The second-order valence-electron chi connectivity index (χ2n) is 6.65. The molecule has 3 N–H and O–H groups in total. The van der Waals surface area contributed by atoms with Gasteiger partial charge in [-0.3, -0.25) is 4.90 Å². The molecule has 7 nitrogen and oxygen atoms in total. The Balaban J connectivity index is 1.89. The Bertz CT molecular complexity index is 516. The molecule has 0 aromatic carbocycles. The van der Waals surface area contributed by atoms with Crippen LogP contribution in [0.4, 0.5) is 0 Å². The molecule has 142 valence electrons. The number of guanidine groups is 1. The van der Waals surface area contributed by atoms with E-state index in [0.29, 0.717) is 17.8 Å². The molecule has 1 aromatic rings. The molecule has 1 saturated heterocycles. The minimum atomic E-state index is -1.12. The number of nitrogens with one attached hydrogen (secondary N) is 2. The summed E-state index contributed by atoms with van der Waals surface area (Å²) in [6.07, 6.45) is 3.96. The molecular formula is C18H32N4O3. The fourth-order valence-corrected chi connectivity index (χ4v) is 3.08. The van der Waals surface area contributed by atoms with Crippen LogP contribution in [0.1, 0.15) is 32.4 Å². The molecule has 2 rings (SSSR count). The monoisotopic (exact) mass is 352 g/mol. The van der Waals surface area contributed by atoms with Crippen LogP contribution in [0.2, 0.25) is 0 Å². The third-order valence-corrected chi connectivity index (χ3v) is 4.53. The van der Waals surface area contributed by atoms with Crippen LogP contribution < -0.4 is 10.6 Å². The van der Waals surface area contributed by atoms with Crippen LogP contribution in [0.3, 0.4) is 0 Å². The molecule has 0 saturated carbocycles. The van der Waals surface area contributed by atoms with E-state index in [4.69, 9.17) is 9.15 Å². The molecule has 2 unspecified atom stereocenters. The summed E-state index contributed by atoms with van der Waals surface area (Å²) < 4.78 is 10.5. The van der Waals surface area contributed by atoms with Gasteiger partial charge < -0.3 is 24.9 Å². The van der Waals surface area contributed by atoms with Crippen LogP contribution >= 0.6 is 0 Å². The number of nitrogens with zero attached hydrogens (tertiary/aromatic N) is 2. The number of hydrogen-bond donors (Lipinski definition) is 3. The topological polar surface area (TPSA) is 82.3 Å². The Morgan fingerprint density at radius 1 is 1.52 bits per heavy atom. The predicted octanol–water partition coefficient (Wildman–Crippen LogP) is 1.15. The van der Waals surface area contributed by atoms with Crippen molar-refractivity contribution in [1.82, 2.24) is 15.5 Å². The highest BCUT2D eigenvalue weighted by atomic mass is 16.5. The minimum Gasteiger partial charge on any atom is -0.466 e. The van der Waals surface area contributed by atoms with Crippen LogP contribution in [-0.4, -0.2) is 68.4 Å². The summed E-state index contributed by atoms with van der Waals surface area (Å²) >= 11 is 0. The van der Waals surface area contributed by atoms with Crippen molar-refractivity contribution in [2.24, 2.45) is 4.99 Å². The SMILES string of the molecule is CCNC(=NCC(C)(O)c1ccco1)NCC1CCCN1CCOC. The van der Waals surface area contributed by atoms with E-state index in [2.05, 4.69) is 20.5 Å². The average Bonchev–Trinajstić information content (AvgIpc) is 3.27. The van der Waals surface area contributed by atoms with E-state index in [1.807, 2.05) is 6.92 Å². The molecule has 1 fully saturated rings. The molecule has 2 atom stereocenters. The predicted molar refractivity (Wildman–Crippen MR) is 98.7 cm³/mol. The summed E-state index contributed by atoms with van der Waals surface area (Å²) in [7, 11) is 1.74. The molecule has 0 spiro atoms. The van der Waals surface area contributed by atoms with Gasteiger partial charge in [0.25, 0.3) is 0 Å². The van der Waals surface area contributed by atoms with Gasteiger partial charge in [-0.2, -0.15) is 0 Å². The van der Waals surface area contributed by atoms with Crippen molar-refractivity contribution in [2.75, 3.05) is 46.4 Å². The highest BCUT2D eigenvalue weighted by molar-refractivity contribution is 5.79. The minimum absolute atomic E-state index is 0.230. The zero-order valence-corrected chi connectivity index (χ0v) is 15.6. The van der Waals surface area contributed by atoms with Gasteiger partial charge in [-0.25, -0.2) is 4.99 Å². The molecule has 1 aliphatic heterocycles. The van der Waals surface area contributed by atoms with E-state index in [9.17, 15) is 5.11 Å². The summed E-state index contributed by atoms with van der Waals surface area (Å²) in [6, 6.07) is 4.03. The van der Waals surface area contributed by atoms with Gasteiger partial charge in [0.2, 0.25) is 0 Å². The first-order chi connectivity index (χ1) is 12.1. The van der Waals surface area contributed by atoms with Gasteiger partial charge in [-0.1, -0.05) is 0 Å². The number of methoxy groups -OCH3 is 1. The van der Waals surface area contributed by atoms with Crippen LogP contribution in [0.15, 0.2) is 27.8 Å². The van der Waals surface area contributed by atoms with Crippen LogP contribution in [0.5, 0.6) is 0 Å². The van der Waals surface area contributed by atoms with Crippen molar-refractivity contribution in [3.8, 4) is 0 Å². The number of furan rings is 1. The fourth-order valence-electron chi connectivity index (χ4n) is 3.08. The summed E-state index contributed by atoms with van der Waals surface area (Å²) in [5.41, 5.74) is -1.12. The molecule has 0 aliphatic carbocycles. The Kier molecular flexibility index (Phi) is 7.74. The second-order valence-corrected chi connectivity index (χ2v) is 6.65. The maximum Gasteiger partial charge on any atom is 0.191 e. The summed E-state index contributed by atoms with van der Waals surface area (Å²) in [5, 5.41) is 17.2. The molecule has 0 amide bonds. The normalized spacial score (nSPS) is 21.3. The molecule has 1 aliphatic rings. The Morgan fingerprint density at radius 2 is 2.36 bits per heavy atom. The van der Waals surface area contributed by atoms with Gasteiger partial charge in [0.15, 0.2) is 5.96 Å². The molecular weight excluding hydrogens is 320 g/mol. The number of aliphatic imine (C=N–C) groups is 1. The van der Waals surface area contributed by atoms with Gasteiger partial charge in [0.05, 0.1) is 19.4 Å². The first kappa shape index (κ1) is 19.8. The number of rotatable bonds is 9. The quantitative estimate of drug-likeness (QED) is 0.457. The van der Waals surface area contributed by atoms with Gasteiger partial charge >= 0.3 is 0 Å². The maximum absolute atomic E-state index is 10.5. The Labute approximate surface area is 150 Å². The Morgan fingerprint density at radius 3 is 3.04 bits per heavy atom. The molecule has 7 heteroatoms. The summed E-state index contributed by atoms with van der Waals surface area (Å²) in [4.78, 5) is 6.99.